The highest BCUT2D eigenvalue weighted by molar-refractivity contribution is 5.91. The Bertz CT molecular complexity index is 1120. The van der Waals surface area contributed by atoms with Gasteiger partial charge in [-0.15, -0.1) is 0 Å². The van der Waals surface area contributed by atoms with E-state index in [1.165, 1.54) is 16.7 Å². The van der Waals surface area contributed by atoms with Gasteiger partial charge in [0.25, 0.3) is 5.56 Å². The number of amides is 1. The number of nitrogens with zero attached hydrogens (tertiary/aromatic N) is 2. The minimum atomic E-state index is -0.573. The van der Waals surface area contributed by atoms with Crippen molar-refractivity contribution in [1.82, 2.24) is 9.13 Å². The molecule has 1 N–H and O–H groups in total. The van der Waals surface area contributed by atoms with Crippen LogP contribution < -0.4 is 16.6 Å². The lowest BCUT2D eigenvalue weighted by Gasteiger charge is -2.13. The monoisotopic (exact) mass is 355 g/mol. The predicted octanol–water partition coefficient (Wildman–Crippen LogP) is 2.27. The largest absolute Gasteiger partial charge is 0.331 e. The Hall–Kier alpha value is -3.22. The van der Waals surface area contributed by atoms with Gasteiger partial charge < -0.3 is 5.32 Å². The fraction of sp³-hybridized carbons (Fsp3) is 0.211. The molecule has 0 saturated carbocycles. The minimum Gasteiger partial charge on any atom is -0.322 e. The van der Waals surface area contributed by atoms with Gasteiger partial charge in [0.1, 0.15) is 12.4 Å². The summed E-state index contributed by atoms with van der Waals surface area (Å²) in [6.07, 6.45) is 0. The number of nitrogens with one attached hydrogen (secondary N) is 1. The standard InChI is InChI=1S/C19H18FN3O3/c1-3-22-18(25)13-6-4-5-7-16(13)23(19(22)26)11-17(24)21-15-10-12(2)8-9-14(15)20/h4-10H,3,11H2,1-2H3,(H,21,24). The number of anilines is 1. The van der Waals surface area contributed by atoms with Gasteiger partial charge in [-0.2, -0.15) is 0 Å². The summed E-state index contributed by atoms with van der Waals surface area (Å²) in [6.45, 7) is 3.33. The SMILES string of the molecule is CCn1c(=O)c2ccccc2n(CC(=O)Nc2cc(C)ccc2F)c1=O. The number of rotatable bonds is 4. The highest BCUT2D eigenvalue weighted by Gasteiger charge is 2.15. The molecular weight excluding hydrogens is 337 g/mol. The topological polar surface area (TPSA) is 73.1 Å². The van der Waals surface area contributed by atoms with Crippen LogP contribution in [-0.2, 0) is 17.9 Å². The van der Waals surface area contributed by atoms with Gasteiger partial charge in [-0.3, -0.25) is 18.7 Å². The summed E-state index contributed by atoms with van der Waals surface area (Å²) in [4.78, 5) is 37.4. The Labute approximate surface area is 148 Å². The molecule has 2 aromatic carbocycles. The van der Waals surface area contributed by atoms with E-state index in [1.54, 1.807) is 44.2 Å². The summed E-state index contributed by atoms with van der Waals surface area (Å²) in [5.74, 6) is -1.11. The van der Waals surface area contributed by atoms with Crippen LogP contribution in [0.5, 0.6) is 0 Å². The molecule has 134 valence electrons. The average molecular weight is 355 g/mol. The first-order valence-corrected chi connectivity index (χ1v) is 8.20. The normalized spacial score (nSPS) is 10.9. The quantitative estimate of drug-likeness (QED) is 0.780. The second-order valence-corrected chi connectivity index (χ2v) is 5.97. The second-order valence-electron chi connectivity index (χ2n) is 5.97. The highest BCUT2D eigenvalue weighted by Crippen LogP contribution is 2.16. The average Bonchev–Trinajstić information content (AvgIpc) is 2.62. The number of aryl methyl sites for hydroxylation is 1. The lowest BCUT2D eigenvalue weighted by Crippen LogP contribution is -2.41. The first kappa shape index (κ1) is 17.6. The Kier molecular flexibility index (Phi) is 4.71. The van der Waals surface area contributed by atoms with E-state index in [4.69, 9.17) is 0 Å². The minimum absolute atomic E-state index is 0.0520. The van der Waals surface area contributed by atoms with Crippen LogP contribution in [0, 0.1) is 12.7 Å². The van der Waals surface area contributed by atoms with E-state index in [-0.39, 0.29) is 18.8 Å². The third-order valence-electron chi connectivity index (χ3n) is 4.15. The zero-order chi connectivity index (χ0) is 18.8. The van der Waals surface area contributed by atoms with Gasteiger partial charge >= 0.3 is 5.69 Å². The van der Waals surface area contributed by atoms with Crippen LogP contribution in [-0.4, -0.2) is 15.0 Å². The molecule has 0 unspecified atom stereocenters. The van der Waals surface area contributed by atoms with Crippen molar-refractivity contribution < 1.29 is 9.18 Å². The number of benzene rings is 2. The van der Waals surface area contributed by atoms with Crippen molar-refractivity contribution in [2.24, 2.45) is 0 Å². The fourth-order valence-electron chi connectivity index (χ4n) is 2.87. The number of aromatic nitrogens is 2. The summed E-state index contributed by atoms with van der Waals surface area (Å²) in [7, 11) is 0. The van der Waals surface area contributed by atoms with Gasteiger partial charge in [-0.25, -0.2) is 9.18 Å². The summed E-state index contributed by atoms with van der Waals surface area (Å²) in [5.41, 5.74) is 0.248. The van der Waals surface area contributed by atoms with E-state index in [0.717, 1.165) is 10.1 Å². The van der Waals surface area contributed by atoms with Crippen LogP contribution in [0.4, 0.5) is 10.1 Å². The maximum absolute atomic E-state index is 13.8. The van der Waals surface area contributed by atoms with Gasteiger partial charge in [-0.05, 0) is 43.7 Å². The molecule has 6 nitrogen and oxygen atoms in total. The Balaban J connectivity index is 2.03. The van der Waals surface area contributed by atoms with Crippen molar-refractivity contribution in [2.75, 3.05) is 5.32 Å². The molecule has 7 heteroatoms. The predicted molar refractivity (Wildman–Crippen MR) is 97.9 cm³/mol. The van der Waals surface area contributed by atoms with Crippen molar-refractivity contribution in [3.8, 4) is 0 Å². The third kappa shape index (κ3) is 3.15. The van der Waals surface area contributed by atoms with Gasteiger partial charge in [-0.1, -0.05) is 18.2 Å². The van der Waals surface area contributed by atoms with E-state index in [9.17, 15) is 18.8 Å². The van der Waals surface area contributed by atoms with Crippen LogP contribution in [0.1, 0.15) is 12.5 Å². The fourth-order valence-corrected chi connectivity index (χ4v) is 2.87. The smallest absolute Gasteiger partial charge is 0.322 e. The first-order valence-electron chi connectivity index (χ1n) is 8.20. The van der Waals surface area contributed by atoms with Gasteiger partial charge in [0.05, 0.1) is 16.6 Å². The molecular formula is C19H18FN3O3. The summed E-state index contributed by atoms with van der Waals surface area (Å²) in [6, 6.07) is 11.0. The maximum Gasteiger partial charge on any atom is 0.331 e. The van der Waals surface area contributed by atoms with Crippen LogP contribution in [0.3, 0.4) is 0 Å². The zero-order valence-corrected chi connectivity index (χ0v) is 14.5. The van der Waals surface area contributed by atoms with Crippen LogP contribution >= 0.6 is 0 Å². The maximum atomic E-state index is 13.8. The second kappa shape index (κ2) is 6.95. The number of hydrogen-bond donors (Lipinski definition) is 1. The Morgan fingerprint density at radius 1 is 1.12 bits per heavy atom. The molecule has 1 heterocycles. The molecule has 0 aliphatic carbocycles. The van der Waals surface area contributed by atoms with Gasteiger partial charge in [0, 0.05) is 6.54 Å². The van der Waals surface area contributed by atoms with Crippen LogP contribution in [0.2, 0.25) is 0 Å². The van der Waals surface area contributed by atoms with E-state index in [2.05, 4.69) is 5.32 Å². The Morgan fingerprint density at radius 2 is 1.85 bits per heavy atom. The number of carbonyl (C=O) groups is 1. The van der Waals surface area contributed by atoms with Crippen molar-refractivity contribution in [3.63, 3.8) is 0 Å². The van der Waals surface area contributed by atoms with E-state index in [0.29, 0.717) is 10.9 Å². The molecule has 0 fully saturated rings. The molecule has 26 heavy (non-hydrogen) atoms. The van der Waals surface area contributed by atoms with Crippen molar-refractivity contribution in [2.45, 2.75) is 26.9 Å². The molecule has 0 bridgehead atoms. The molecule has 0 aliphatic heterocycles. The molecule has 3 rings (SSSR count). The molecule has 0 radical (unpaired) electrons. The van der Waals surface area contributed by atoms with E-state index < -0.39 is 23.0 Å². The van der Waals surface area contributed by atoms with E-state index in [1.807, 2.05) is 0 Å². The van der Waals surface area contributed by atoms with Crippen molar-refractivity contribution in [3.05, 3.63) is 74.7 Å². The summed E-state index contributed by atoms with van der Waals surface area (Å²) < 4.78 is 16.1. The van der Waals surface area contributed by atoms with Gasteiger partial charge in [0.2, 0.25) is 5.91 Å². The van der Waals surface area contributed by atoms with E-state index >= 15 is 0 Å². The van der Waals surface area contributed by atoms with Crippen LogP contribution in [0.25, 0.3) is 10.9 Å². The third-order valence-corrected chi connectivity index (χ3v) is 4.15. The molecule has 1 amide bonds. The molecule has 0 aliphatic rings. The molecule has 0 atom stereocenters. The molecule has 3 aromatic rings. The highest BCUT2D eigenvalue weighted by atomic mass is 19.1. The number of halogens is 1. The lowest BCUT2D eigenvalue weighted by atomic mass is 10.2. The lowest BCUT2D eigenvalue weighted by molar-refractivity contribution is -0.116. The first-order chi connectivity index (χ1) is 12.4. The molecule has 0 spiro atoms. The number of fused-ring (bicyclic) bond motifs is 1. The molecule has 1 aromatic heterocycles. The number of para-hydroxylation sites is 1. The Morgan fingerprint density at radius 3 is 2.58 bits per heavy atom. The van der Waals surface area contributed by atoms with Crippen molar-refractivity contribution in [1.29, 1.82) is 0 Å². The summed E-state index contributed by atoms with van der Waals surface area (Å²) in [5, 5.41) is 2.83. The number of carbonyl (C=O) groups excluding carboxylic acids is 1. The summed E-state index contributed by atoms with van der Waals surface area (Å²) >= 11 is 0. The van der Waals surface area contributed by atoms with Crippen LogP contribution in [0.15, 0.2) is 52.1 Å². The zero-order valence-electron chi connectivity index (χ0n) is 14.5. The van der Waals surface area contributed by atoms with Crippen molar-refractivity contribution >= 4 is 22.5 Å². The molecule has 0 saturated heterocycles. The van der Waals surface area contributed by atoms with Gasteiger partial charge in [0.15, 0.2) is 0 Å². The number of hydrogen-bond acceptors (Lipinski definition) is 3.